The van der Waals surface area contributed by atoms with E-state index >= 15 is 0 Å². The maximum Gasteiger partial charge on any atom is 0.326 e. The van der Waals surface area contributed by atoms with Crippen molar-refractivity contribution in [2.75, 3.05) is 6.54 Å². The number of hydrogen-bond acceptors (Lipinski definition) is 8. The summed E-state index contributed by atoms with van der Waals surface area (Å²) in [6.07, 6.45) is -1.67. The van der Waals surface area contributed by atoms with Crippen LogP contribution < -0.4 is 21.3 Å². The highest BCUT2D eigenvalue weighted by Gasteiger charge is 2.33. The molecule has 0 radical (unpaired) electrons. The summed E-state index contributed by atoms with van der Waals surface area (Å²) in [6, 6.07) is -5.73. The van der Waals surface area contributed by atoms with Gasteiger partial charge in [0.2, 0.25) is 17.7 Å². The predicted octanol–water partition coefficient (Wildman–Crippen LogP) is -2.91. The molecule has 0 aliphatic carbocycles. The molecule has 1 fully saturated rings. The molecule has 0 bridgehead atoms. The molecule has 0 spiro atoms. The summed E-state index contributed by atoms with van der Waals surface area (Å²) in [5, 5.41) is 44.9. The molecule has 1 heterocycles. The van der Waals surface area contributed by atoms with Gasteiger partial charge in [0, 0.05) is 6.42 Å². The molecule has 0 saturated carbocycles. The third-order valence-corrected chi connectivity index (χ3v) is 4.66. The molecule has 1 aliphatic rings. The van der Waals surface area contributed by atoms with Crippen molar-refractivity contribution in [3.8, 4) is 0 Å². The number of rotatable bonds is 14. The van der Waals surface area contributed by atoms with E-state index < -0.39 is 85.0 Å². The largest absolute Gasteiger partial charge is 0.481 e. The van der Waals surface area contributed by atoms with Gasteiger partial charge in [-0.15, -0.1) is 0 Å². The third-order valence-electron chi connectivity index (χ3n) is 4.66. The molecule has 15 nitrogen and oxygen atoms in total. The Morgan fingerprint density at radius 1 is 0.758 bits per heavy atom. The zero-order valence-corrected chi connectivity index (χ0v) is 17.4. The number of carbonyl (C=O) groups is 7. The summed E-state index contributed by atoms with van der Waals surface area (Å²) >= 11 is 0. The van der Waals surface area contributed by atoms with E-state index in [0.29, 0.717) is 19.4 Å². The topological polar surface area (TPSA) is 249 Å². The maximum atomic E-state index is 12.7. The summed E-state index contributed by atoms with van der Waals surface area (Å²) in [7, 11) is 0. The van der Waals surface area contributed by atoms with Crippen molar-refractivity contribution in [2.24, 2.45) is 0 Å². The Balaban J connectivity index is 2.96. The van der Waals surface area contributed by atoms with E-state index in [0.717, 1.165) is 0 Å². The van der Waals surface area contributed by atoms with Crippen LogP contribution in [0.5, 0.6) is 0 Å². The van der Waals surface area contributed by atoms with Crippen LogP contribution >= 0.6 is 0 Å². The zero-order valence-electron chi connectivity index (χ0n) is 17.4. The van der Waals surface area contributed by atoms with Crippen LogP contribution in [0.3, 0.4) is 0 Å². The van der Waals surface area contributed by atoms with Crippen LogP contribution in [0.2, 0.25) is 0 Å². The molecule has 1 rings (SSSR count). The molecule has 1 saturated heterocycles. The van der Waals surface area contributed by atoms with Crippen molar-refractivity contribution in [3.63, 3.8) is 0 Å². The van der Waals surface area contributed by atoms with Crippen LogP contribution in [0.25, 0.3) is 0 Å². The van der Waals surface area contributed by atoms with Gasteiger partial charge in [0.15, 0.2) is 0 Å². The zero-order chi connectivity index (χ0) is 25.1. The second-order valence-electron chi connectivity index (χ2n) is 7.30. The Labute approximate surface area is 186 Å². The minimum Gasteiger partial charge on any atom is -0.481 e. The van der Waals surface area contributed by atoms with Gasteiger partial charge in [-0.2, -0.15) is 0 Å². The summed E-state index contributed by atoms with van der Waals surface area (Å²) in [4.78, 5) is 81.4. The standard InChI is InChI=1S/C18H26N4O11/c23-12(24)4-3-9(20-15(29)8-2-1-5-19-8)16(30)21-10(6-13(25)26)17(31)22-11(18(32)33)7-14(27)28/h8-11,19H,1-7H2,(H,20,29)(H,21,30)(H,22,31)(H,23,24)(H,25,26)(H,27,28)(H,32,33). The van der Waals surface area contributed by atoms with Gasteiger partial charge in [-0.1, -0.05) is 0 Å². The lowest BCUT2D eigenvalue weighted by molar-refractivity contribution is -0.148. The number of carboxylic acid groups (broad SMARTS) is 4. The summed E-state index contributed by atoms with van der Waals surface area (Å²) in [6.45, 7) is 0.575. The van der Waals surface area contributed by atoms with Crippen molar-refractivity contribution in [2.45, 2.75) is 62.7 Å². The fraction of sp³-hybridized carbons (Fsp3) is 0.611. The molecular weight excluding hydrogens is 448 g/mol. The van der Waals surface area contributed by atoms with Crippen molar-refractivity contribution in [1.29, 1.82) is 0 Å². The average Bonchev–Trinajstić information content (AvgIpc) is 3.23. The lowest BCUT2D eigenvalue weighted by Gasteiger charge is -2.24. The van der Waals surface area contributed by atoms with Crippen LogP contribution in [-0.2, 0) is 33.6 Å². The highest BCUT2D eigenvalue weighted by atomic mass is 16.4. The van der Waals surface area contributed by atoms with Gasteiger partial charge in [0.25, 0.3) is 0 Å². The Morgan fingerprint density at radius 2 is 1.30 bits per heavy atom. The number of amides is 3. The average molecular weight is 474 g/mol. The highest BCUT2D eigenvalue weighted by molar-refractivity contribution is 5.96. The fourth-order valence-corrected chi connectivity index (χ4v) is 3.02. The Hall–Kier alpha value is -3.75. The molecule has 15 heteroatoms. The SMILES string of the molecule is O=C(O)CCC(NC(=O)C1CCCN1)C(=O)NC(CC(=O)O)C(=O)NC(CC(=O)O)C(=O)O. The van der Waals surface area contributed by atoms with Gasteiger partial charge < -0.3 is 41.7 Å². The first kappa shape index (κ1) is 27.3. The molecular formula is C18H26N4O11. The molecule has 0 aromatic rings. The first-order chi connectivity index (χ1) is 15.4. The molecule has 1 aliphatic heterocycles. The molecule has 4 unspecified atom stereocenters. The van der Waals surface area contributed by atoms with Gasteiger partial charge in [-0.3, -0.25) is 28.8 Å². The van der Waals surface area contributed by atoms with E-state index in [-0.39, 0.29) is 6.42 Å². The predicted molar refractivity (Wildman–Crippen MR) is 106 cm³/mol. The highest BCUT2D eigenvalue weighted by Crippen LogP contribution is 2.07. The smallest absolute Gasteiger partial charge is 0.326 e. The first-order valence-electron chi connectivity index (χ1n) is 9.93. The monoisotopic (exact) mass is 474 g/mol. The van der Waals surface area contributed by atoms with Crippen molar-refractivity contribution in [3.05, 3.63) is 0 Å². The molecule has 0 aromatic carbocycles. The van der Waals surface area contributed by atoms with Gasteiger partial charge >= 0.3 is 23.9 Å². The maximum absolute atomic E-state index is 12.7. The van der Waals surface area contributed by atoms with Gasteiger partial charge in [0.05, 0.1) is 18.9 Å². The number of hydrogen-bond donors (Lipinski definition) is 8. The van der Waals surface area contributed by atoms with E-state index in [2.05, 4.69) is 16.0 Å². The Kier molecular flexibility index (Phi) is 10.7. The Morgan fingerprint density at radius 3 is 1.79 bits per heavy atom. The summed E-state index contributed by atoms with van der Waals surface area (Å²) in [5.41, 5.74) is 0. The van der Waals surface area contributed by atoms with Crippen molar-refractivity contribution < 1.29 is 54.0 Å². The third kappa shape index (κ3) is 9.94. The second-order valence-corrected chi connectivity index (χ2v) is 7.30. The molecule has 3 amide bonds. The van der Waals surface area contributed by atoms with E-state index in [4.69, 9.17) is 20.4 Å². The van der Waals surface area contributed by atoms with Crippen LogP contribution in [0.15, 0.2) is 0 Å². The van der Waals surface area contributed by atoms with Gasteiger partial charge in [-0.25, -0.2) is 4.79 Å². The summed E-state index contributed by atoms with van der Waals surface area (Å²) < 4.78 is 0. The molecule has 8 N–H and O–H groups in total. The second kappa shape index (κ2) is 12.9. The normalized spacial score (nSPS) is 17.8. The van der Waals surface area contributed by atoms with E-state index in [9.17, 15) is 33.6 Å². The minimum atomic E-state index is -1.89. The fourth-order valence-electron chi connectivity index (χ4n) is 3.02. The Bertz CT molecular complexity index is 794. The van der Waals surface area contributed by atoms with Crippen LogP contribution in [0, 0.1) is 0 Å². The quantitative estimate of drug-likeness (QED) is 0.126. The molecule has 33 heavy (non-hydrogen) atoms. The molecule has 0 aromatic heterocycles. The first-order valence-corrected chi connectivity index (χ1v) is 9.93. The molecule has 184 valence electrons. The number of carbonyl (C=O) groups excluding carboxylic acids is 3. The van der Waals surface area contributed by atoms with E-state index in [1.165, 1.54) is 0 Å². The molecule has 4 atom stereocenters. The number of aliphatic carboxylic acids is 4. The number of nitrogens with one attached hydrogen (secondary N) is 4. The number of carboxylic acids is 4. The van der Waals surface area contributed by atoms with Gasteiger partial charge in [0.1, 0.15) is 18.1 Å². The van der Waals surface area contributed by atoms with Crippen LogP contribution in [0.4, 0.5) is 0 Å². The lowest BCUT2D eigenvalue weighted by atomic mass is 10.1. The van der Waals surface area contributed by atoms with Crippen LogP contribution in [0.1, 0.15) is 38.5 Å². The summed E-state index contributed by atoms with van der Waals surface area (Å²) in [5.74, 6) is -8.96. The minimum absolute atomic E-state index is 0.363. The van der Waals surface area contributed by atoms with Crippen molar-refractivity contribution in [1.82, 2.24) is 21.3 Å². The van der Waals surface area contributed by atoms with Crippen molar-refractivity contribution >= 4 is 41.6 Å². The van der Waals surface area contributed by atoms with Crippen LogP contribution in [-0.4, -0.2) is 92.7 Å². The lowest BCUT2D eigenvalue weighted by Crippen LogP contribution is -2.57. The van der Waals surface area contributed by atoms with Gasteiger partial charge in [-0.05, 0) is 25.8 Å². The van der Waals surface area contributed by atoms with E-state index in [1.54, 1.807) is 0 Å². The van der Waals surface area contributed by atoms with E-state index in [1.807, 2.05) is 5.32 Å².